The van der Waals surface area contributed by atoms with Crippen molar-refractivity contribution in [3.05, 3.63) is 46.8 Å². The van der Waals surface area contributed by atoms with Crippen LogP contribution in [0.3, 0.4) is 0 Å². The molecule has 0 radical (unpaired) electrons. The third-order valence-electron chi connectivity index (χ3n) is 3.33. The van der Waals surface area contributed by atoms with E-state index >= 15 is 0 Å². The van der Waals surface area contributed by atoms with Gasteiger partial charge in [0.1, 0.15) is 0 Å². The van der Waals surface area contributed by atoms with Crippen LogP contribution < -0.4 is 11.1 Å². The minimum atomic E-state index is -0.384. The standard InChI is InChI=1S/C15H15FN4S/c1-9(15-19-5-6-21-15)8-20-14-11(16)7-12(17)10-3-2-4-18-13(10)14/h2-7,9,20H,8,17H2,1H3. The van der Waals surface area contributed by atoms with Crippen molar-refractivity contribution >= 4 is 33.6 Å². The summed E-state index contributed by atoms with van der Waals surface area (Å²) in [5, 5.41) is 6.86. The number of nitrogens with one attached hydrogen (secondary N) is 1. The molecule has 0 saturated heterocycles. The van der Waals surface area contributed by atoms with Crippen LogP contribution in [0, 0.1) is 5.82 Å². The summed E-state index contributed by atoms with van der Waals surface area (Å²) in [5.74, 6) is -0.189. The van der Waals surface area contributed by atoms with Crippen LogP contribution in [-0.2, 0) is 0 Å². The fourth-order valence-electron chi connectivity index (χ4n) is 2.23. The molecule has 0 amide bonds. The lowest BCUT2D eigenvalue weighted by Crippen LogP contribution is -2.11. The average molecular weight is 302 g/mol. The Morgan fingerprint density at radius 2 is 2.24 bits per heavy atom. The first-order valence-electron chi connectivity index (χ1n) is 6.62. The highest BCUT2D eigenvalue weighted by atomic mass is 32.1. The smallest absolute Gasteiger partial charge is 0.150 e. The van der Waals surface area contributed by atoms with Crippen molar-refractivity contribution in [3.63, 3.8) is 0 Å². The number of pyridine rings is 1. The van der Waals surface area contributed by atoms with Gasteiger partial charge in [-0.1, -0.05) is 6.92 Å². The van der Waals surface area contributed by atoms with Gasteiger partial charge in [0, 0.05) is 41.3 Å². The van der Waals surface area contributed by atoms with Crippen LogP contribution in [-0.4, -0.2) is 16.5 Å². The number of hydrogen-bond acceptors (Lipinski definition) is 5. The van der Waals surface area contributed by atoms with Crippen LogP contribution in [0.4, 0.5) is 15.8 Å². The van der Waals surface area contributed by atoms with Crippen molar-refractivity contribution in [1.29, 1.82) is 0 Å². The van der Waals surface area contributed by atoms with E-state index < -0.39 is 0 Å². The normalized spacial score (nSPS) is 12.5. The number of nitrogens with zero attached hydrogens (tertiary/aromatic N) is 2. The highest BCUT2D eigenvalue weighted by Crippen LogP contribution is 2.30. The van der Waals surface area contributed by atoms with Gasteiger partial charge in [-0.2, -0.15) is 0 Å². The molecule has 3 rings (SSSR count). The van der Waals surface area contributed by atoms with Crippen molar-refractivity contribution in [2.45, 2.75) is 12.8 Å². The number of nitrogen functional groups attached to an aromatic ring is 1. The first-order valence-corrected chi connectivity index (χ1v) is 7.50. The second-order valence-corrected chi connectivity index (χ2v) is 5.80. The molecule has 2 heterocycles. The third-order valence-corrected chi connectivity index (χ3v) is 4.34. The number of thiazole rings is 1. The maximum Gasteiger partial charge on any atom is 0.150 e. The molecule has 0 fully saturated rings. The average Bonchev–Trinajstić information content (AvgIpc) is 3.01. The fraction of sp³-hybridized carbons (Fsp3) is 0.200. The van der Waals surface area contributed by atoms with E-state index in [1.54, 1.807) is 29.8 Å². The summed E-state index contributed by atoms with van der Waals surface area (Å²) in [4.78, 5) is 8.52. The molecule has 1 atom stereocenters. The molecule has 1 aromatic carbocycles. The zero-order chi connectivity index (χ0) is 14.8. The second kappa shape index (κ2) is 5.65. The summed E-state index contributed by atoms with van der Waals surface area (Å²) >= 11 is 1.60. The lowest BCUT2D eigenvalue weighted by atomic mass is 10.1. The summed E-state index contributed by atoms with van der Waals surface area (Å²) in [5.41, 5.74) is 7.19. The maximum absolute atomic E-state index is 14.2. The Morgan fingerprint density at radius 3 is 3.00 bits per heavy atom. The lowest BCUT2D eigenvalue weighted by molar-refractivity contribution is 0.630. The Kier molecular flexibility index (Phi) is 3.70. The molecule has 21 heavy (non-hydrogen) atoms. The largest absolute Gasteiger partial charge is 0.398 e. The highest BCUT2D eigenvalue weighted by molar-refractivity contribution is 7.09. The first kappa shape index (κ1) is 13.8. The van der Waals surface area contributed by atoms with E-state index in [-0.39, 0.29) is 11.7 Å². The Balaban J connectivity index is 1.90. The van der Waals surface area contributed by atoms with Gasteiger partial charge >= 0.3 is 0 Å². The number of nitrogens with two attached hydrogens (primary N) is 1. The number of rotatable bonds is 4. The molecular formula is C15H15FN4S. The molecule has 0 aliphatic heterocycles. The summed E-state index contributed by atoms with van der Waals surface area (Å²) in [6.07, 6.45) is 3.41. The van der Waals surface area contributed by atoms with Crippen LogP contribution in [0.2, 0.25) is 0 Å². The maximum atomic E-state index is 14.2. The topological polar surface area (TPSA) is 63.8 Å². The number of halogens is 1. The molecule has 4 nitrogen and oxygen atoms in total. The number of fused-ring (bicyclic) bond motifs is 1. The summed E-state index contributed by atoms with van der Waals surface area (Å²) in [6.45, 7) is 2.64. The van der Waals surface area contributed by atoms with Gasteiger partial charge in [0.05, 0.1) is 16.2 Å². The quantitative estimate of drug-likeness (QED) is 0.722. The third kappa shape index (κ3) is 2.67. The predicted octanol–water partition coefficient (Wildman–Crippen LogP) is 3.63. The van der Waals surface area contributed by atoms with Crippen LogP contribution in [0.1, 0.15) is 17.8 Å². The van der Waals surface area contributed by atoms with E-state index in [1.807, 2.05) is 11.4 Å². The van der Waals surface area contributed by atoms with Crippen molar-refractivity contribution in [1.82, 2.24) is 9.97 Å². The zero-order valence-corrected chi connectivity index (χ0v) is 12.3. The van der Waals surface area contributed by atoms with E-state index in [0.29, 0.717) is 23.4 Å². The van der Waals surface area contributed by atoms with Gasteiger partial charge in [-0.3, -0.25) is 4.98 Å². The van der Waals surface area contributed by atoms with E-state index in [2.05, 4.69) is 22.2 Å². The minimum Gasteiger partial charge on any atom is -0.398 e. The molecule has 0 saturated carbocycles. The molecule has 2 aromatic heterocycles. The fourth-order valence-corrected chi connectivity index (χ4v) is 2.92. The van der Waals surface area contributed by atoms with Crippen LogP contribution in [0.5, 0.6) is 0 Å². The Hall–Kier alpha value is -2.21. The Morgan fingerprint density at radius 1 is 1.38 bits per heavy atom. The summed E-state index contributed by atoms with van der Waals surface area (Å²) in [6, 6.07) is 4.96. The molecule has 3 aromatic rings. The van der Waals surface area contributed by atoms with Gasteiger partial charge in [-0.05, 0) is 18.2 Å². The number of hydrogen-bond donors (Lipinski definition) is 2. The molecular weight excluding hydrogens is 287 g/mol. The number of benzene rings is 1. The molecule has 1 unspecified atom stereocenters. The van der Waals surface area contributed by atoms with Gasteiger partial charge in [0.15, 0.2) is 5.82 Å². The SMILES string of the molecule is CC(CNc1c(F)cc(N)c2cccnc12)c1nccs1. The van der Waals surface area contributed by atoms with Crippen molar-refractivity contribution in [3.8, 4) is 0 Å². The monoisotopic (exact) mass is 302 g/mol. The minimum absolute atomic E-state index is 0.195. The summed E-state index contributed by atoms with van der Waals surface area (Å²) < 4.78 is 14.2. The van der Waals surface area contributed by atoms with E-state index in [0.717, 1.165) is 10.4 Å². The molecule has 0 aliphatic rings. The van der Waals surface area contributed by atoms with Crippen LogP contribution in [0.25, 0.3) is 10.9 Å². The molecule has 0 bridgehead atoms. The molecule has 108 valence electrons. The van der Waals surface area contributed by atoms with Gasteiger partial charge in [0.2, 0.25) is 0 Å². The van der Waals surface area contributed by atoms with E-state index in [1.165, 1.54) is 6.07 Å². The predicted molar refractivity (Wildman–Crippen MR) is 85.1 cm³/mol. The second-order valence-electron chi connectivity index (χ2n) is 4.87. The van der Waals surface area contributed by atoms with Gasteiger partial charge in [0.25, 0.3) is 0 Å². The zero-order valence-electron chi connectivity index (χ0n) is 11.5. The van der Waals surface area contributed by atoms with E-state index in [9.17, 15) is 4.39 Å². The van der Waals surface area contributed by atoms with Crippen molar-refractivity contribution < 1.29 is 4.39 Å². The van der Waals surface area contributed by atoms with Gasteiger partial charge in [-0.15, -0.1) is 11.3 Å². The van der Waals surface area contributed by atoms with Crippen LogP contribution >= 0.6 is 11.3 Å². The lowest BCUT2D eigenvalue weighted by Gasteiger charge is -2.14. The Bertz CT molecular complexity index is 758. The van der Waals surface area contributed by atoms with Crippen molar-refractivity contribution in [2.75, 3.05) is 17.6 Å². The van der Waals surface area contributed by atoms with E-state index in [4.69, 9.17) is 5.73 Å². The highest BCUT2D eigenvalue weighted by Gasteiger charge is 2.14. The molecule has 6 heteroatoms. The Labute approximate surface area is 125 Å². The molecule has 0 aliphatic carbocycles. The van der Waals surface area contributed by atoms with Gasteiger partial charge in [-0.25, -0.2) is 9.37 Å². The molecule has 0 spiro atoms. The van der Waals surface area contributed by atoms with Crippen LogP contribution in [0.15, 0.2) is 36.0 Å². The van der Waals surface area contributed by atoms with Gasteiger partial charge < -0.3 is 11.1 Å². The first-order chi connectivity index (χ1) is 10.2. The summed E-state index contributed by atoms with van der Waals surface area (Å²) in [7, 11) is 0. The number of anilines is 2. The van der Waals surface area contributed by atoms with Crippen molar-refractivity contribution in [2.24, 2.45) is 0 Å². The molecule has 3 N–H and O–H groups in total. The number of aromatic nitrogens is 2.